The summed E-state index contributed by atoms with van der Waals surface area (Å²) in [5.41, 5.74) is 7.06. The Morgan fingerprint density at radius 2 is 2.07 bits per heavy atom. The van der Waals surface area contributed by atoms with Crippen LogP contribution in [0.2, 0.25) is 0 Å². The van der Waals surface area contributed by atoms with Gasteiger partial charge in [0.05, 0.1) is 12.2 Å². The molecule has 0 saturated heterocycles. The summed E-state index contributed by atoms with van der Waals surface area (Å²) in [5.74, 6) is 0.221. The summed E-state index contributed by atoms with van der Waals surface area (Å²) in [4.78, 5) is 30.1. The molecule has 11 nitrogen and oxygen atoms in total. The molecule has 0 amide bonds. The number of anilines is 1. The molecule has 0 radical (unpaired) electrons. The Bertz CT molecular complexity index is 1220. The van der Waals surface area contributed by atoms with Gasteiger partial charge in [0.2, 0.25) is 11.8 Å². The van der Waals surface area contributed by atoms with Gasteiger partial charge < -0.3 is 21.1 Å². The molecule has 2 atom stereocenters. The fraction of sp³-hybridized carbons (Fsp3) is 0.500. The molecule has 2 fully saturated rings. The van der Waals surface area contributed by atoms with Crippen molar-refractivity contribution < 1.29 is 5.11 Å². The maximum atomic E-state index is 11.4. The number of aromatic amines is 2. The van der Waals surface area contributed by atoms with E-state index in [1.165, 1.54) is 0 Å². The van der Waals surface area contributed by atoms with Gasteiger partial charge in [0.25, 0.3) is 5.62 Å². The first-order valence-corrected chi connectivity index (χ1v) is 9.91. The molecule has 0 spiro atoms. The molecule has 0 bridgehead atoms. The summed E-state index contributed by atoms with van der Waals surface area (Å²) in [6, 6.07) is 0.435. The van der Waals surface area contributed by atoms with Crippen LogP contribution in [0, 0.1) is 0 Å². The topological polar surface area (TPSA) is 162 Å². The number of nitrogens with one attached hydrogen (secondary N) is 3. The number of nitrogens with zero attached hydrogens (tertiary/aromatic N) is 5. The highest BCUT2D eigenvalue weighted by Gasteiger charge is 2.24. The summed E-state index contributed by atoms with van der Waals surface area (Å²) in [6.07, 6.45) is 9.52. The normalized spacial score (nSPS) is 23.8. The van der Waals surface area contributed by atoms with Crippen LogP contribution in [0.25, 0.3) is 11.7 Å². The van der Waals surface area contributed by atoms with Gasteiger partial charge in [0.15, 0.2) is 5.65 Å². The zero-order valence-corrected chi connectivity index (χ0v) is 15.8. The second-order valence-corrected chi connectivity index (χ2v) is 7.73. The Labute approximate surface area is 164 Å². The molecule has 29 heavy (non-hydrogen) atoms. The van der Waals surface area contributed by atoms with E-state index in [1.54, 1.807) is 16.8 Å². The SMILES string of the molecule is NC1CCCCC1Nc1nc(=NC2CC2)n2nc/c(=C\c3[nH]c(=O)[nH]c3O)c2n1. The largest absolute Gasteiger partial charge is 0.493 e. The lowest BCUT2D eigenvalue weighted by Crippen LogP contribution is -2.43. The van der Waals surface area contributed by atoms with Crippen LogP contribution in [0.1, 0.15) is 44.2 Å². The minimum atomic E-state index is -0.488. The predicted molar refractivity (Wildman–Crippen MR) is 105 cm³/mol. The van der Waals surface area contributed by atoms with Gasteiger partial charge in [0.1, 0.15) is 5.69 Å². The van der Waals surface area contributed by atoms with Gasteiger partial charge in [-0.05, 0) is 31.8 Å². The molecule has 2 aliphatic carbocycles. The number of hydrogen-bond acceptors (Lipinski definition) is 8. The van der Waals surface area contributed by atoms with Crippen molar-refractivity contribution in [2.24, 2.45) is 10.7 Å². The van der Waals surface area contributed by atoms with E-state index in [0.29, 0.717) is 22.4 Å². The van der Waals surface area contributed by atoms with E-state index in [2.05, 4.69) is 35.3 Å². The van der Waals surface area contributed by atoms with Crippen LogP contribution < -0.4 is 27.6 Å². The Morgan fingerprint density at radius 1 is 1.24 bits per heavy atom. The van der Waals surface area contributed by atoms with Gasteiger partial charge in [-0.1, -0.05) is 12.8 Å². The van der Waals surface area contributed by atoms with Crippen LogP contribution in [0.5, 0.6) is 5.88 Å². The van der Waals surface area contributed by atoms with Gasteiger partial charge in [-0.3, -0.25) is 4.98 Å². The maximum absolute atomic E-state index is 11.4. The molecule has 2 saturated carbocycles. The number of hydrogen-bond donors (Lipinski definition) is 5. The second-order valence-electron chi connectivity index (χ2n) is 7.73. The molecule has 2 aliphatic rings. The van der Waals surface area contributed by atoms with E-state index < -0.39 is 5.69 Å². The van der Waals surface area contributed by atoms with Crippen molar-refractivity contribution in [3.05, 3.63) is 33.2 Å². The molecule has 11 heteroatoms. The van der Waals surface area contributed by atoms with E-state index in [4.69, 9.17) is 5.73 Å². The number of imidazole rings is 1. The molecule has 0 aliphatic heterocycles. The van der Waals surface area contributed by atoms with Crippen LogP contribution in [0.15, 0.2) is 16.0 Å². The van der Waals surface area contributed by atoms with Crippen LogP contribution in [0.4, 0.5) is 5.95 Å². The van der Waals surface area contributed by atoms with Gasteiger partial charge in [-0.25, -0.2) is 9.79 Å². The average molecular weight is 397 g/mol. The number of aromatic hydroxyl groups is 1. The third kappa shape index (κ3) is 3.60. The van der Waals surface area contributed by atoms with Crippen molar-refractivity contribution in [3.63, 3.8) is 0 Å². The number of H-pyrrole nitrogens is 2. The molecule has 2 unspecified atom stereocenters. The number of nitrogens with two attached hydrogens (primary N) is 1. The molecule has 5 rings (SSSR count). The summed E-state index contributed by atoms with van der Waals surface area (Å²) in [7, 11) is 0. The number of fused-ring (bicyclic) bond motifs is 1. The lowest BCUT2D eigenvalue weighted by molar-refractivity contribution is 0.402. The van der Waals surface area contributed by atoms with Gasteiger partial charge in [0, 0.05) is 17.3 Å². The van der Waals surface area contributed by atoms with Crippen LogP contribution in [-0.2, 0) is 0 Å². The van der Waals surface area contributed by atoms with E-state index in [0.717, 1.165) is 38.5 Å². The summed E-state index contributed by atoms with van der Waals surface area (Å²) >= 11 is 0. The third-order valence-corrected chi connectivity index (χ3v) is 5.39. The number of aromatic nitrogens is 6. The van der Waals surface area contributed by atoms with Gasteiger partial charge in [-0.2, -0.15) is 19.6 Å². The van der Waals surface area contributed by atoms with Crippen LogP contribution in [-0.4, -0.2) is 52.8 Å². The van der Waals surface area contributed by atoms with E-state index in [9.17, 15) is 9.90 Å². The standard InChI is InChI=1S/C18H23N9O2/c19-11-3-1-2-4-12(11)22-16-24-14-9(7-13-15(28)25-18(29)23-13)8-20-27(14)17(26-16)21-10-5-6-10/h7-8,10-12,28H,1-6,19H2,(H,21,22,26)(H2,23,25,29)/b9-7+. The van der Waals surface area contributed by atoms with Crippen molar-refractivity contribution in [2.45, 2.75) is 56.7 Å². The first-order valence-electron chi connectivity index (χ1n) is 9.91. The predicted octanol–water partition coefficient (Wildman–Crippen LogP) is -0.861. The van der Waals surface area contributed by atoms with Crippen LogP contribution >= 0.6 is 0 Å². The van der Waals surface area contributed by atoms with Crippen molar-refractivity contribution >= 4 is 17.7 Å². The Kier molecular flexibility index (Phi) is 4.31. The zero-order chi connectivity index (χ0) is 20.0. The lowest BCUT2D eigenvalue weighted by atomic mass is 9.91. The number of rotatable bonds is 4. The smallest absolute Gasteiger partial charge is 0.326 e. The molecule has 0 aromatic carbocycles. The highest BCUT2D eigenvalue weighted by Crippen LogP contribution is 2.22. The summed E-state index contributed by atoms with van der Waals surface area (Å²) in [6.45, 7) is 0. The molecule has 152 valence electrons. The van der Waals surface area contributed by atoms with Crippen molar-refractivity contribution in [1.82, 2.24) is 29.5 Å². The molecular weight excluding hydrogens is 374 g/mol. The van der Waals surface area contributed by atoms with Crippen molar-refractivity contribution in [3.8, 4) is 5.88 Å². The minimum Gasteiger partial charge on any atom is -0.493 e. The Hall–Kier alpha value is -3.21. The lowest BCUT2D eigenvalue weighted by Gasteiger charge is -2.29. The zero-order valence-electron chi connectivity index (χ0n) is 15.8. The molecule has 3 aromatic rings. The fourth-order valence-corrected chi connectivity index (χ4v) is 3.65. The third-order valence-electron chi connectivity index (χ3n) is 5.39. The molecule has 3 heterocycles. The molecule has 3 aromatic heterocycles. The fourth-order valence-electron chi connectivity index (χ4n) is 3.65. The molecular formula is C18H23N9O2. The van der Waals surface area contributed by atoms with Crippen molar-refractivity contribution in [1.29, 1.82) is 0 Å². The highest BCUT2D eigenvalue weighted by atomic mass is 16.3. The average Bonchev–Trinajstić information content (AvgIpc) is 3.33. The first kappa shape index (κ1) is 17.9. The second kappa shape index (κ2) is 6.99. The van der Waals surface area contributed by atoms with Crippen LogP contribution in [0.3, 0.4) is 0 Å². The summed E-state index contributed by atoms with van der Waals surface area (Å²) in [5, 5.41) is 18.2. The van der Waals surface area contributed by atoms with E-state index >= 15 is 0 Å². The van der Waals surface area contributed by atoms with E-state index in [1.807, 2.05) is 0 Å². The minimum absolute atomic E-state index is 0.0604. The van der Waals surface area contributed by atoms with Gasteiger partial charge >= 0.3 is 5.69 Å². The maximum Gasteiger partial charge on any atom is 0.326 e. The highest BCUT2D eigenvalue weighted by molar-refractivity contribution is 5.57. The Balaban J connectivity index is 1.63. The van der Waals surface area contributed by atoms with E-state index in [-0.39, 0.29) is 29.7 Å². The van der Waals surface area contributed by atoms with Crippen molar-refractivity contribution in [2.75, 3.05) is 5.32 Å². The van der Waals surface area contributed by atoms with Gasteiger partial charge in [-0.15, -0.1) is 0 Å². The monoisotopic (exact) mass is 397 g/mol. The molecule has 6 N–H and O–H groups in total. The summed E-state index contributed by atoms with van der Waals surface area (Å²) < 4.78 is 1.58. The Morgan fingerprint density at radius 3 is 2.79 bits per heavy atom. The quantitative estimate of drug-likeness (QED) is 0.382. The first-order chi connectivity index (χ1) is 14.1.